The van der Waals surface area contributed by atoms with Gasteiger partial charge in [0.05, 0.1) is 11.9 Å². The summed E-state index contributed by atoms with van der Waals surface area (Å²) in [4.78, 5) is 14.0. The molecule has 0 atom stereocenters. The standard InChI is InChI=1S/C21H23N9/c22-20-21-23-13-26-30(21)19(15-11-24-25-12-15)18(27-20)14-1-3-16(4-2-14)28-7-9-29(10-8-28)17-5-6-17/h1-4,11-13,17H,5-10H2,(H2,22,27)(H,24,25). The monoisotopic (exact) mass is 401 g/mol. The van der Waals surface area contributed by atoms with E-state index in [1.165, 1.54) is 24.9 Å². The number of nitrogens with two attached hydrogens (primary N) is 1. The predicted octanol–water partition coefficient (Wildman–Crippen LogP) is 2.05. The highest BCUT2D eigenvalue weighted by molar-refractivity contribution is 5.82. The van der Waals surface area contributed by atoms with Crippen LogP contribution in [0.1, 0.15) is 12.8 Å². The lowest BCUT2D eigenvalue weighted by Gasteiger charge is -2.36. The lowest BCUT2D eigenvalue weighted by molar-refractivity contribution is 0.248. The summed E-state index contributed by atoms with van der Waals surface area (Å²) in [6, 6.07) is 9.40. The molecular weight excluding hydrogens is 378 g/mol. The number of fused-ring (bicyclic) bond motifs is 1. The zero-order valence-electron chi connectivity index (χ0n) is 16.6. The molecule has 0 radical (unpaired) electrons. The number of benzene rings is 1. The molecule has 30 heavy (non-hydrogen) atoms. The fraction of sp³-hybridized carbons (Fsp3) is 0.333. The zero-order chi connectivity index (χ0) is 20.1. The Bertz CT molecular complexity index is 1170. The van der Waals surface area contributed by atoms with Gasteiger partial charge in [0.2, 0.25) is 0 Å². The summed E-state index contributed by atoms with van der Waals surface area (Å²) in [5.74, 6) is 0.356. The van der Waals surface area contributed by atoms with Crippen LogP contribution >= 0.6 is 0 Å². The van der Waals surface area contributed by atoms with Gasteiger partial charge in [0.15, 0.2) is 11.5 Å². The highest BCUT2D eigenvalue weighted by Crippen LogP contribution is 2.33. The van der Waals surface area contributed by atoms with Crippen molar-refractivity contribution in [1.29, 1.82) is 0 Å². The van der Waals surface area contributed by atoms with Crippen molar-refractivity contribution in [3.63, 3.8) is 0 Å². The van der Waals surface area contributed by atoms with Gasteiger partial charge in [-0.05, 0) is 25.0 Å². The lowest BCUT2D eigenvalue weighted by Crippen LogP contribution is -2.47. The molecule has 0 unspecified atom stereocenters. The molecule has 3 N–H and O–H groups in total. The Hall–Kier alpha value is -3.46. The second-order valence-electron chi connectivity index (χ2n) is 7.98. The van der Waals surface area contributed by atoms with Crippen LogP contribution in [0.15, 0.2) is 43.0 Å². The molecule has 1 saturated carbocycles. The van der Waals surface area contributed by atoms with Crippen LogP contribution in [0.2, 0.25) is 0 Å². The topological polar surface area (TPSA) is 104 Å². The van der Waals surface area contributed by atoms with Crippen molar-refractivity contribution in [2.45, 2.75) is 18.9 Å². The Morgan fingerprint density at radius 3 is 2.50 bits per heavy atom. The third-order valence-corrected chi connectivity index (χ3v) is 6.10. The number of rotatable bonds is 4. The van der Waals surface area contributed by atoms with Crippen molar-refractivity contribution < 1.29 is 0 Å². The first-order valence-electron chi connectivity index (χ1n) is 10.4. The van der Waals surface area contributed by atoms with Gasteiger partial charge < -0.3 is 10.6 Å². The largest absolute Gasteiger partial charge is 0.381 e. The summed E-state index contributed by atoms with van der Waals surface area (Å²) in [6.45, 7) is 4.45. The summed E-state index contributed by atoms with van der Waals surface area (Å²) in [5.41, 5.74) is 11.4. The third kappa shape index (κ3) is 2.89. The molecule has 152 valence electrons. The average Bonchev–Trinajstić information content (AvgIpc) is 3.27. The van der Waals surface area contributed by atoms with Crippen molar-refractivity contribution in [1.82, 2.24) is 34.7 Å². The van der Waals surface area contributed by atoms with E-state index in [2.05, 4.69) is 59.3 Å². The SMILES string of the molecule is Nc1nc(-c2ccc(N3CCN(C4CC4)CC3)cc2)c(-c2cn[nH]c2)n2ncnc12. The number of anilines is 2. The predicted molar refractivity (Wildman–Crippen MR) is 115 cm³/mol. The quantitative estimate of drug-likeness (QED) is 0.539. The fourth-order valence-corrected chi connectivity index (χ4v) is 4.36. The first-order chi connectivity index (χ1) is 14.8. The number of piperazine rings is 1. The lowest BCUT2D eigenvalue weighted by atomic mass is 10.1. The minimum absolute atomic E-state index is 0.356. The summed E-state index contributed by atoms with van der Waals surface area (Å²) in [5, 5.41) is 11.3. The van der Waals surface area contributed by atoms with E-state index in [1.54, 1.807) is 10.7 Å². The number of aromatic amines is 1. The van der Waals surface area contributed by atoms with E-state index in [1.807, 2.05) is 6.20 Å². The highest BCUT2D eigenvalue weighted by Gasteiger charge is 2.31. The van der Waals surface area contributed by atoms with Gasteiger partial charge in [-0.15, -0.1) is 0 Å². The maximum absolute atomic E-state index is 6.18. The highest BCUT2D eigenvalue weighted by atomic mass is 15.3. The number of nitrogens with zero attached hydrogens (tertiary/aromatic N) is 7. The molecule has 6 rings (SSSR count). The second kappa shape index (κ2) is 6.81. The molecule has 2 aliphatic rings. The van der Waals surface area contributed by atoms with E-state index in [9.17, 15) is 0 Å². The molecule has 2 fully saturated rings. The first-order valence-corrected chi connectivity index (χ1v) is 10.4. The Labute approximate surface area is 173 Å². The van der Waals surface area contributed by atoms with Gasteiger partial charge in [-0.1, -0.05) is 12.1 Å². The van der Waals surface area contributed by atoms with E-state index in [0.29, 0.717) is 11.5 Å². The van der Waals surface area contributed by atoms with Gasteiger partial charge in [-0.3, -0.25) is 10.00 Å². The van der Waals surface area contributed by atoms with E-state index in [4.69, 9.17) is 5.73 Å². The molecule has 1 aliphatic heterocycles. The minimum Gasteiger partial charge on any atom is -0.381 e. The molecule has 4 aromatic rings. The van der Waals surface area contributed by atoms with E-state index >= 15 is 0 Å². The number of nitrogen functional groups attached to an aromatic ring is 1. The molecule has 0 spiro atoms. The van der Waals surface area contributed by atoms with Crippen LogP contribution in [0.25, 0.3) is 28.2 Å². The van der Waals surface area contributed by atoms with Crippen molar-refractivity contribution in [2.24, 2.45) is 0 Å². The van der Waals surface area contributed by atoms with Crippen LogP contribution < -0.4 is 10.6 Å². The number of aromatic nitrogens is 6. The van der Waals surface area contributed by atoms with Gasteiger partial charge in [0.25, 0.3) is 0 Å². The van der Waals surface area contributed by atoms with Gasteiger partial charge in [0.1, 0.15) is 12.0 Å². The number of hydrogen-bond acceptors (Lipinski definition) is 7. The van der Waals surface area contributed by atoms with Crippen LogP contribution in [0.3, 0.4) is 0 Å². The number of H-pyrrole nitrogens is 1. The second-order valence-corrected chi connectivity index (χ2v) is 7.98. The molecular formula is C21H23N9. The van der Waals surface area contributed by atoms with E-state index < -0.39 is 0 Å². The molecule has 3 aromatic heterocycles. The normalized spacial score (nSPS) is 17.7. The van der Waals surface area contributed by atoms with Crippen molar-refractivity contribution >= 4 is 17.2 Å². The van der Waals surface area contributed by atoms with Gasteiger partial charge in [0, 0.05) is 55.2 Å². The fourth-order valence-electron chi connectivity index (χ4n) is 4.36. The summed E-state index contributed by atoms with van der Waals surface area (Å²) in [7, 11) is 0. The van der Waals surface area contributed by atoms with Crippen molar-refractivity contribution in [3.8, 4) is 22.5 Å². The molecule has 1 aliphatic carbocycles. The molecule has 4 heterocycles. The Kier molecular flexibility index (Phi) is 3.95. The first kappa shape index (κ1) is 17.4. The number of hydrogen-bond donors (Lipinski definition) is 2. The van der Waals surface area contributed by atoms with Crippen LogP contribution in [0, 0.1) is 0 Å². The number of nitrogens with one attached hydrogen (secondary N) is 1. The molecule has 1 saturated heterocycles. The molecule has 9 nitrogen and oxygen atoms in total. The maximum atomic E-state index is 6.18. The Balaban J connectivity index is 1.35. The van der Waals surface area contributed by atoms with Crippen LogP contribution in [-0.2, 0) is 0 Å². The van der Waals surface area contributed by atoms with Gasteiger partial charge in [-0.25, -0.2) is 14.5 Å². The molecule has 0 bridgehead atoms. The Morgan fingerprint density at radius 2 is 1.80 bits per heavy atom. The van der Waals surface area contributed by atoms with Crippen LogP contribution in [0.4, 0.5) is 11.5 Å². The van der Waals surface area contributed by atoms with Gasteiger partial charge in [-0.2, -0.15) is 10.2 Å². The molecule has 9 heteroatoms. The molecule has 1 aromatic carbocycles. The third-order valence-electron chi connectivity index (χ3n) is 6.10. The molecule has 0 amide bonds. The van der Waals surface area contributed by atoms with E-state index in [0.717, 1.165) is 54.7 Å². The van der Waals surface area contributed by atoms with Crippen LogP contribution in [-0.4, -0.2) is 66.9 Å². The van der Waals surface area contributed by atoms with Gasteiger partial charge >= 0.3 is 0 Å². The van der Waals surface area contributed by atoms with Crippen LogP contribution in [0.5, 0.6) is 0 Å². The zero-order valence-corrected chi connectivity index (χ0v) is 16.6. The van der Waals surface area contributed by atoms with E-state index in [-0.39, 0.29) is 0 Å². The smallest absolute Gasteiger partial charge is 0.198 e. The minimum atomic E-state index is 0.356. The summed E-state index contributed by atoms with van der Waals surface area (Å²) < 4.78 is 1.73. The average molecular weight is 401 g/mol. The van der Waals surface area contributed by atoms with Crippen molar-refractivity contribution in [2.75, 3.05) is 36.8 Å². The van der Waals surface area contributed by atoms with Crippen molar-refractivity contribution in [3.05, 3.63) is 43.0 Å². The Morgan fingerprint density at radius 1 is 1.00 bits per heavy atom. The summed E-state index contributed by atoms with van der Waals surface area (Å²) >= 11 is 0. The maximum Gasteiger partial charge on any atom is 0.198 e. The summed E-state index contributed by atoms with van der Waals surface area (Å²) in [6.07, 6.45) is 7.82.